The van der Waals surface area contributed by atoms with E-state index in [-0.39, 0.29) is 16.9 Å². The van der Waals surface area contributed by atoms with Crippen LogP contribution in [0.15, 0.2) is 36.4 Å². The molecule has 2 aromatic rings. The van der Waals surface area contributed by atoms with Crippen LogP contribution in [0.2, 0.25) is 0 Å². The van der Waals surface area contributed by atoms with E-state index in [2.05, 4.69) is 9.72 Å². The number of rotatable bonds is 3. The van der Waals surface area contributed by atoms with Gasteiger partial charge in [0.15, 0.2) is 5.69 Å². The van der Waals surface area contributed by atoms with E-state index in [4.69, 9.17) is 10.8 Å². The quantitative estimate of drug-likeness (QED) is 0.910. The number of alkyl halides is 3. The molecule has 0 aliphatic rings. The molecular formula is C13H9F3N2O3. The summed E-state index contributed by atoms with van der Waals surface area (Å²) in [5.74, 6) is -1.85. The minimum atomic E-state index is -4.86. The van der Waals surface area contributed by atoms with Gasteiger partial charge in [-0.1, -0.05) is 12.1 Å². The molecule has 0 bridgehead atoms. The highest BCUT2D eigenvalue weighted by molar-refractivity contribution is 5.92. The number of hydrogen-bond donors (Lipinski definition) is 2. The molecule has 0 saturated heterocycles. The molecule has 0 aliphatic heterocycles. The van der Waals surface area contributed by atoms with Gasteiger partial charge in [-0.05, 0) is 24.3 Å². The summed E-state index contributed by atoms with van der Waals surface area (Å²) in [6, 6.07) is 7.88. The Kier molecular flexibility index (Phi) is 3.70. The van der Waals surface area contributed by atoms with Crippen molar-refractivity contribution in [1.82, 2.24) is 4.98 Å². The number of nitrogens with two attached hydrogens (primary N) is 1. The number of aromatic carboxylic acids is 1. The van der Waals surface area contributed by atoms with Gasteiger partial charge in [0.05, 0.1) is 11.4 Å². The molecular weight excluding hydrogens is 289 g/mol. The third-order valence-electron chi connectivity index (χ3n) is 2.52. The predicted octanol–water partition coefficient (Wildman–Crippen LogP) is 2.93. The lowest BCUT2D eigenvalue weighted by atomic mass is 10.1. The summed E-state index contributed by atoms with van der Waals surface area (Å²) in [5, 5.41) is 8.94. The first kappa shape index (κ1) is 14.6. The van der Waals surface area contributed by atoms with Crippen molar-refractivity contribution in [2.45, 2.75) is 6.36 Å². The molecule has 1 heterocycles. The number of aromatic nitrogens is 1. The number of nitrogens with zero attached hydrogens (tertiary/aromatic N) is 1. The van der Waals surface area contributed by atoms with Crippen LogP contribution in [-0.4, -0.2) is 22.4 Å². The number of carbonyl (C=O) groups is 1. The van der Waals surface area contributed by atoms with Crippen LogP contribution in [0.3, 0.4) is 0 Å². The van der Waals surface area contributed by atoms with Crippen molar-refractivity contribution in [2.24, 2.45) is 0 Å². The van der Waals surface area contributed by atoms with Gasteiger partial charge in [0.25, 0.3) is 0 Å². The number of carboxylic acid groups (broad SMARTS) is 1. The van der Waals surface area contributed by atoms with E-state index in [1.165, 1.54) is 30.3 Å². The maximum absolute atomic E-state index is 12.4. The van der Waals surface area contributed by atoms with Gasteiger partial charge in [0.2, 0.25) is 0 Å². The van der Waals surface area contributed by atoms with Gasteiger partial charge in [-0.2, -0.15) is 0 Å². The summed E-state index contributed by atoms with van der Waals surface area (Å²) in [5.41, 5.74) is 4.96. The first-order valence-electron chi connectivity index (χ1n) is 5.63. The predicted molar refractivity (Wildman–Crippen MR) is 67.7 cm³/mol. The maximum atomic E-state index is 12.4. The molecule has 0 atom stereocenters. The molecule has 1 aromatic heterocycles. The van der Waals surface area contributed by atoms with Crippen LogP contribution in [0.5, 0.6) is 5.75 Å². The molecule has 0 amide bonds. The van der Waals surface area contributed by atoms with E-state index in [1.807, 2.05) is 0 Å². The Balaban J connectivity index is 2.52. The van der Waals surface area contributed by atoms with E-state index < -0.39 is 23.8 Å². The lowest BCUT2D eigenvalue weighted by Crippen LogP contribution is -2.17. The van der Waals surface area contributed by atoms with Crippen molar-refractivity contribution in [3.05, 3.63) is 42.1 Å². The van der Waals surface area contributed by atoms with E-state index >= 15 is 0 Å². The molecule has 0 spiro atoms. The molecule has 0 unspecified atom stereocenters. The highest BCUT2D eigenvalue weighted by Gasteiger charge is 2.32. The molecule has 5 nitrogen and oxygen atoms in total. The fourth-order valence-corrected chi connectivity index (χ4v) is 1.68. The standard InChI is InChI=1S/C13H9F3N2O3/c14-13(15,16)21-10-4-2-1-3-7(10)9-6-5-8(17)11(18-9)12(19)20/h1-6H,17H2,(H,19,20). The number of ether oxygens (including phenoxy) is 1. The van der Waals surface area contributed by atoms with Gasteiger partial charge in [-0.25, -0.2) is 9.78 Å². The van der Waals surface area contributed by atoms with Crippen molar-refractivity contribution in [3.8, 4) is 17.0 Å². The second-order valence-corrected chi connectivity index (χ2v) is 3.98. The van der Waals surface area contributed by atoms with Crippen molar-refractivity contribution >= 4 is 11.7 Å². The van der Waals surface area contributed by atoms with E-state index in [1.54, 1.807) is 0 Å². The molecule has 0 saturated carbocycles. The monoisotopic (exact) mass is 298 g/mol. The third-order valence-corrected chi connectivity index (χ3v) is 2.52. The van der Waals surface area contributed by atoms with Crippen molar-refractivity contribution in [3.63, 3.8) is 0 Å². The van der Waals surface area contributed by atoms with Crippen LogP contribution >= 0.6 is 0 Å². The molecule has 0 aliphatic carbocycles. The highest BCUT2D eigenvalue weighted by atomic mass is 19.4. The SMILES string of the molecule is Nc1ccc(-c2ccccc2OC(F)(F)F)nc1C(=O)O. The van der Waals surface area contributed by atoms with Gasteiger partial charge < -0.3 is 15.6 Å². The number of anilines is 1. The van der Waals surface area contributed by atoms with Crippen LogP contribution < -0.4 is 10.5 Å². The summed E-state index contributed by atoms with van der Waals surface area (Å²) >= 11 is 0. The lowest BCUT2D eigenvalue weighted by Gasteiger charge is -2.13. The third kappa shape index (κ3) is 3.41. The average Bonchev–Trinajstić information content (AvgIpc) is 2.38. The summed E-state index contributed by atoms with van der Waals surface area (Å²) in [6.07, 6.45) is -4.86. The molecule has 0 fully saturated rings. The van der Waals surface area contributed by atoms with Crippen LogP contribution in [0.25, 0.3) is 11.3 Å². The second kappa shape index (κ2) is 5.31. The fourth-order valence-electron chi connectivity index (χ4n) is 1.68. The Bertz CT molecular complexity index is 687. The Morgan fingerprint density at radius 2 is 1.86 bits per heavy atom. The van der Waals surface area contributed by atoms with Gasteiger partial charge in [-0.15, -0.1) is 13.2 Å². The molecule has 0 radical (unpaired) electrons. The first-order chi connectivity index (χ1) is 9.78. The second-order valence-electron chi connectivity index (χ2n) is 3.98. The molecule has 21 heavy (non-hydrogen) atoms. The van der Waals surface area contributed by atoms with Crippen LogP contribution in [-0.2, 0) is 0 Å². The zero-order valence-electron chi connectivity index (χ0n) is 10.4. The summed E-state index contributed by atoms with van der Waals surface area (Å²) in [7, 11) is 0. The van der Waals surface area contributed by atoms with E-state index in [0.717, 1.165) is 6.07 Å². The minimum absolute atomic E-state index is 0.0114. The highest BCUT2D eigenvalue weighted by Crippen LogP contribution is 2.33. The number of pyridine rings is 1. The van der Waals surface area contributed by atoms with Crippen LogP contribution in [0.1, 0.15) is 10.5 Å². The Hall–Kier alpha value is -2.77. The summed E-state index contributed by atoms with van der Waals surface area (Å²) in [4.78, 5) is 14.7. The lowest BCUT2D eigenvalue weighted by molar-refractivity contribution is -0.274. The number of benzene rings is 1. The Morgan fingerprint density at radius 1 is 1.19 bits per heavy atom. The summed E-state index contributed by atoms with van der Waals surface area (Å²) < 4.78 is 41.0. The van der Waals surface area contributed by atoms with Crippen molar-refractivity contribution in [1.29, 1.82) is 0 Å². The largest absolute Gasteiger partial charge is 0.573 e. The molecule has 8 heteroatoms. The number of hydrogen-bond acceptors (Lipinski definition) is 4. The normalized spacial score (nSPS) is 11.2. The zero-order chi connectivity index (χ0) is 15.6. The van der Waals surface area contributed by atoms with Crippen molar-refractivity contribution < 1.29 is 27.8 Å². The number of nitrogen functional groups attached to an aromatic ring is 1. The zero-order valence-corrected chi connectivity index (χ0v) is 10.4. The smallest absolute Gasteiger partial charge is 0.476 e. The van der Waals surface area contributed by atoms with E-state index in [9.17, 15) is 18.0 Å². The molecule has 110 valence electrons. The molecule has 3 N–H and O–H groups in total. The van der Waals surface area contributed by atoms with Gasteiger partial charge >= 0.3 is 12.3 Å². The van der Waals surface area contributed by atoms with Crippen LogP contribution in [0.4, 0.5) is 18.9 Å². The fraction of sp³-hybridized carbons (Fsp3) is 0.0769. The minimum Gasteiger partial charge on any atom is -0.476 e. The molecule has 2 rings (SSSR count). The van der Waals surface area contributed by atoms with Gasteiger partial charge in [-0.3, -0.25) is 0 Å². The summed E-state index contributed by atoms with van der Waals surface area (Å²) in [6.45, 7) is 0. The Morgan fingerprint density at radius 3 is 2.48 bits per heavy atom. The number of carboxylic acids is 1. The van der Waals surface area contributed by atoms with Crippen LogP contribution in [0, 0.1) is 0 Å². The average molecular weight is 298 g/mol. The van der Waals surface area contributed by atoms with Crippen molar-refractivity contribution in [2.75, 3.05) is 5.73 Å². The maximum Gasteiger partial charge on any atom is 0.573 e. The Labute approximate surface area is 116 Å². The van der Waals surface area contributed by atoms with Gasteiger partial charge in [0, 0.05) is 5.56 Å². The number of halogens is 3. The van der Waals surface area contributed by atoms with Gasteiger partial charge in [0.1, 0.15) is 5.75 Å². The topological polar surface area (TPSA) is 85.4 Å². The number of para-hydroxylation sites is 1. The van der Waals surface area contributed by atoms with E-state index in [0.29, 0.717) is 0 Å². The first-order valence-corrected chi connectivity index (χ1v) is 5.63. The molecule has 1 aromatic carbocycles.